The topological polar surface area (TPSA) is 91.9 Å². The van der Waals surface area contributed by atoms with Crippen molar-refractivity contribution in [2.24, 2.45) is 5.92 Å². The van der Waals surface area contributed by atoms with Crippen LogP contribution in [0.5, 0.6) is 11.5 Å². The van der Waals surface area contributed by atoms with Gasteiger partial charge in [-0.05, 0) is 61.6 Å². The van der Waals surface area contributed by atoms with Crippen molar-refractivity contribution >= 4 is 29.0 Å². The van der Waals surface area contributed by atoms with Crippen LogP contribution in [0.1, 0.15) is 48.7 Å². The Balaban J connectivity index is 1.55. The summed E-state index contributed by atoms with van der Waals surface area (Å²) in [7, 11) is 3.09. The van der Waals surface area contributed by atoms with Gasteiger partial charge in [-0.25, -0.2) is 4.79 Å². The van der Waals surface area contributed by atoms with E-state index < -0.39 is 6.03 Å². The Morgan fingerprint density at radius 1 is 0.921 bits per heavy atom. The monoisotopic (exact) mass is 516 g/mol. The van der Waals surface area contributed by atoms with E-state index in [1.807, 2.05) is 49.4 Å². The smallest absolute Gasteiger partial charge is 0.323 e. The molecule has 1 heterocycles. The molecule has 1 aliphatic heterocycles. The van der Waals surface area contributed by atoms with Crippen LogP contribution >= 0.6 is 0 Å². The van der Waals surface area contributed by atoms with E-state index in [-0.39, 0.29) is 11.9 Å². The van der Waals surface area contributed by atoms with Gasteiger partial charge >= 0.3 is 6.03 Å². The Kier molecular flexibility index (Phi) is 8.73. The number of ether oxygens (including phenoxy) is 2. The maximum Gasteiger partial charge on any atom is 0.323 e. The van der Waals surface area contributed by atoms with E-state index in [1.165, 1.54) is 7.11 Å². The summed E-state index contributed by atoms with van der Waals surface area (Å²) >= 11 is 0. The molecule has 38 heavy (non-hydrogen) atoms. The number of rotatable bonds is 8. The molecule has 8 heteroatoms. The van der Waals surface area contributed by atoms with Gasteiger partial charge in [-0.2, -0.15) is 0 Å². The fourth-order valence-electron chi connectivity index (χ4n) is 4.61. The van der Waals surface area contributed by atoms with Gasteiger partial charge in [0, 0.05) is 30.5 Å². The zero-order chi connectivity index (χ0) is 27.1. The summed E-state index contributed by atoms with van der Waals surface area (Å²) in [5, 5.41) is 8.78. The number of piperidine rings is 1. The van der Waals surface area contributed by atoms with Crippen molar-refractivity contribution in [1.29, 1.82) is 0 Å². The van der Waals surface area contributed by atoms with Crippen molar-refractivity contribution in [1.82, 2.24) is 5.32 Å². The number of carbonyl (C=O) groups excluding carboxylic acids is 2. The van der Waals surface area contributed by atoms with E-state index in [1.54, 1.807) is 31.4 Å². The minimum absolute atomic E-state index is 0.166. The Morgan fingerprint density at radius 2 is 1.66 bits per heavy atom. The lowest BCUT2D eigenvalue weighted by molar-refractivity contribution is 0.0940. The van der Waals surface area contributed by atoms with Crippen LogP contribution in [0.4, 0.5) is 21.9 Å². The Hall–Kier alpha value is -4.20. The summed E-state index contributed by atoms with van der Waals surface area (Å²) in [4.78, 5) is 28.6. The van der Waals surface area contributed by atoms with E-state index in [9.17, 15) is 9.59 Å². The highest BCUT2D eigenvalue weighted by Crippen LogP contribution is 2.31. The second-order valence-electron chi connectivity index (χ2n) is 9.65. The van der Waals surface area contributed by atoms with Crippen LogP contribution in [0.25, 0.3) is 0 Å². The summed E-state index contributed by atoms with van der Waals surface area (Å²) in [6.45, 7) is 6.00. The van der Waals surface area contributed by atoms with Crippen LogP contribution < -0.4 is 30.3 Å². The first-order chi connectivity index (χ1) is 18.4. The lowest BCUT2D eigenvalue weighted by Gasteiger charge is -2.33. The number of nitrogens with zero attached hydrogens (tertiary/aromatic N) is 1. The van der Waals surface area contributed by atoms with Gasteiger partial charge < -0.3 is 30.3 Å². The molecule has 8 nitrogen and oxygen atoms in total. The number of hydrogen-bond donors (Lipinski definition) is 3. The molecular formula is C30H36N4O4. The minimum Gasteiger partial charge on any atom is -0.497 e. The standard InChI is InChI=1S/C30H36N4O4/c1-20-14-16-34(17-15-20)27-13-10-23(18-25(27)29(35)31-21(2)22-8-6-5-7-9-22)32-30(36)33-26-12-11-24(37-3)19-28(26)38-4/h5-13,18-21H,14-17H2,1-4H3,(H,31,35)(H2,32,33,36). The number of amides is 3. The van der Waals surface area contributed by atoms with Gasteiger partial charge in [-0.1, -0.05) is 37.3 Å². The largest absolute Gasteiger partial charge is 0.497 e. The van der Waals surface area contributed by atoms with E-state index in [4.69, 9.17) is 9.47 Å². The van der Waals surface area contributed by atoms with E-state index >= 15 is 0 Å². The molecule has 1 atom stereocenters. The molecule has 1 unspecified atom stereocenters. The maximum atomic E-state index is 13.5. The van der Waals surface area contributed by atoms with Crippen LogP contribution in [0.3, 0.4) is 0 Å². The SMILES string of the molecule is COc1ccc(NC(=O)Nc2ccc(N3CCC(C)CC3)c(C(=O)NC(C)c3ccccc3)c2)c(OC)c1. The summed E-state index contributed by atoms with van der Waals surface area (Å²) in [6, 6.07) is 19.9. The van der Waals surface area contributed by atoms with Crippen molar-refractivity contribution in [2.45, 2.75) is 32.7 Å². The quantitative estimate of drug-likeness (QED) is 0.338. The number of urea groups is 1. The molecule has 0 aromatic heterocycles. The average molecular weight is 517 g/mol. The first-order valence-corrected chi connectivity index (χ1v) is 12.9. The van der Waals surface area contributed by atoms with Gasteiger partial charge in [0.25, 0.3) is 5.91 Å². The molecule has 0 radical (unpaired) electrons. The van der Waals surface area contributed by atoms with E-state index in [0.29, 0.717) is 34.4 Å². The van der Waals surface area contributed by atoms with Crippen molar-refractivity contribution in [3.63, 3.8) is 0 Å². The highest BCUT2D eigenvalue weighted by atomic mass is 16.5. The first-order valence-electron chi connectivity index (χ1n) is 12.9. The molecule has 3 aromatic carbocycles. The second kappa shape index (κ2) is 12.4. The third-order valence-electron chi connectivity index (χ3n) is 6.93. The van der Waals surface area contributed by atoms with Crippen LogP contribution in [0.15, 0.2) is 66.7 Å². The van der Waals surface area contributed by atoms with Crippen molar-refractivity contribution in [3.8, 4) is 11.5 Å². The van der Waals surface area contributed by atoms with Crippen LogP contribution in [-0.2, 0) is 0 Å². The van der Waals surface area contributed by atoms with Crippen molar-refractivity contribution < 1.29 is 19.1 Å². The maximum absolute atomic E-state index is 13.5. The molecule has 3 amide bonds. The van der Waals surface area contributed by atoms with Crippen molar-refractivity contribution in [3.05, 3.63) is 77.9 Å². The molecule has 1 fully saturated rings. The van der Waals surface area contributed by atoms with Crippen LogP contribution in [0, 0.1) is 5.92 Å². The lowest BCUT2D eigenvalue weighted by atomic mass is 9.97. The Bertz CT molecular complexity index is 1260. The molecule has 3 N–H and O–H groups in total. The van der Waals surface area contributed by atoms with Gasteiger partial charge in [-0.15, -0.1) is 0 Å². The molecule has 1 saturated heterocycles. The van der Waals surface area contributed by atoms with E-state index in [0.717, 1.165) is 37.2 Å². The highest BCUT2D eigenvalue weighted by Gasteiger charge is 2.23. The predicted octanol–water partition coefficient (Wildman–Crippen LogP) is 6.08. The number of carbonyl (C=O) groups is 2. The number of nitrogens with one attached hydrogen (secondary N) is 3. The summed E-state index contributed by atoms with van der Waals surface area (Å²) < 4.78 is 10.6. The molecule has 0 bridgehead atoms. The number of benzene rings is 3. The summed E-state index contributed by atoms with van der Waals surface area (Å²) in [5.74, 6) is 1.58. The van der Waals surface area contributed by atoms with Gasteiger partial charge in [0.1, 0.15) is 11.5 Å². The molecular weight excluding hydrogens is 480 g/mol. The number of hydrogen-bond acceptors (Lipinski definition) is 5. The van der Waals surface area contributed by atoms with E-state index in [2.05, 4.69) is 27.8 Å². The Morgan fingerprint density at radius 3 is 2.34 bits per heavy atom. The molecule has 200 valence electrons. The zero-order valence-corrected chi connectivity index (χ0v) is 22.4. The van der Waals surface area contributed by atoms with Gasteiger partial charge in [-0.3, -0.25) is 4.79 Å². The predicted molar refractivity (Wildman–Crippen MR) is 152 cm³/mol. The fraction of sp³-hybridized carbons (Fsp3) is 0.333. The summed E-state index contributed by atoms with van der Waals surface area (Å²) in [5.41, 5.74) is 3.44. The number of anilines is 3. The fourth-order valence-corrected chi connectivity index (χ4v) is 4.61. The van der Waals surface area contributed by atoms with Gasteiger partial charge in [0.05, 0.1) is 31.5 Å². The van der Waals surface area contributed by atoms with Crippen LogP contribution in [0.2, 0.25) is 0 Å². The molecule has 0 saturated carbocycles. The van der Waals surface area contributed by atoms with Gasteiger partial charge in [0.15, 0.2) is 0 Å². The third kappa shape index (κ3) is 6.56. The first kappa shape index (κ1) is 26.9. The molecule has 4 rings (SSSR count). The minimum atomic E-state index is -0.447. The number of methoxy groups -OCH3 is 2. The molecule has 1 aliphatic rings. The second-order valence-corrected chi connectivity index (χ2v) is 9.65. The van der Waals surface area contributed by atoms with Crippen molar-refractivity contribution in [2.75, 3.05) is 42.8 Å². The highest BCUT2D eigenvalue weighted by molar-refractivity contribution is 6.04. The average Bonchev–Trinajstić information content (AvgIpc) is 2.94. The lowest BCUT2D eigenvalue weighted by Crippen LogP contribution is -2.35. The molecule has 3 aromatic rings. The normalized spacial score (nSPS) is 14.4. The molecule has 0 spiro atoms. The van der Waals surface area contributed by atoms with Crippen LogP contribution in [-0.4, -0.2) is 39.2 Å². The molecule has 0 aliphatic carbocycles. The Labute approximate surface area is 224 Å². The third-order valence-corrected chi connectivity index (χ3v) is 6.93. The zero-order valence-electron chi connectivity index (χ0n) is 22.4. The van der Waals surface area contributed by atoms with Gasteiger partial charge in [0.2, 0.25) is 0 Å². The summed E-state index contributed by atoms with van der Waals surface area (Å²) in [6.07, 6.45) is 2.15.